The Morgan fingerprint density at radius 2 is 0.625 bits per heavy atom. The highest BCUT2D eigenvalue weighted by Crippen LogP contribution is 2.06. The molecular weight excluding hydrogens is 533 g/mol. The minimum absolute atomic E-state index is 0.116. The summed E-state index contributed by atoms with van der Waals surface area (Å²) in [7, 11) is 0. The van der Waals surface area contributed by atoms with Gasteiger partial charge < -0.3 is 57.4 Å². The molecule has 1 fully saturated rings. The van der Waals surface area contributed by atoms with Crippen molar-refractivity contribution in [1.82, 2.24) is 5.32 Å². The van der Waals surface area contributed by atoms with Gasteiger partial charge in [-0.25, -0.2) is 4.39 Å². The van der Waals surface area contributed by atoms with E-state index in [9.17, 15) is 4.39 Å². The van der Waals surface area contributed by atoms with Crippen LogP contribution < -0.4 is 5.32 Å². The van der Waals surface area contributed by atoms with Crippen LogP contribution in [0.25, 0.3) is 0 Å². The van der Waals surface area contributed by atoms with Crippen molar-refractivity contribution in [2.24, 2.45) is 0 Å². The highest BCUT2D eigenvalue weighted by atomic mass is 19.1. The molecule has 0 radical (unpaired) electrons. The number of hydrogen-bond acceptors (Lipinski definition) is 12. The summed E-state index contributed by atoms with van der Waals surface area (Å²) in [5.41, 5.74) is 0. The molecular formula is C27H54FNO11. The predicted molar refractivity (Wildman–Crippen MR) is 146 cm³/mol. The molecule has 0 amide bonds. The van der Waals surface area contributed by atoms with Crippen LogP contribution in [0.2, 0.25) is 0 Å². The summed E-state index contributed by atoms with van der Waals surface area (Å²) in [6.45, 7) is 12.0. The quantitative estimate of drug-likeness (QED) is 0.110. The van der Waals surface area contributed by atoms with E-state index in [1.807, 2.05) is 0 Å². The molecule has 0 aliphatic carbocycles. The molecule has 1 aliphatic heterocycles. The van der Waals surface area contributed by atoms with Gasteiger partial charge in [-0.2, -0.15) is 0 Å². The maximum Gasteiger partial charge on any atom is 0.113 e. The van der Waals surface area contributed by atoms with Crippen LogP contribution in [-0.4, -0.2) is 165 Å². The first-order chi connectivity index (χ1) is 19.9. The fraction of sp³-hybridized carbons (Fsp3) is 1.00. The van der Waals surface area contributed by atoms with Crippen molar-refractivity contribution in [3.05, 3.63) is 0 Å². The first-order valence-corrected chi connectivity index (χ1v) is 14.6. The predicted octanol–water partition coefficient (Wildman–Crippen LogP) is 0.891. The summed E-state index contributed by atoms with van der Waals surface area (Å²) in [5.74, 6) is 0. The standard InChI is InChI=1S/C27H54FNO11/c28-3-6-30-7-8-31-9-10-32-11-12-33-13-14-34-15-16-35-17-18-36-19-20-37-21-22-38-23-24-39-25-26-40-27-1-4-29-5-2-27/h27,29H,1-26H2. The van der Waals surface area contributed by atoms with Crippen molar-refractivity contribution in [1.29, 1.82) is 0 Å². The molecule has 0 unspecified atom stereocenters. The third kappa shape index (κ3) is 29.0. The molecule has 1 N–H and O–H groups in total. The summed E-state index contributed by atoms with van der Waals surface area (Å²) in [4.78, 5) is 0. The van der Waals surface area contributed by atoms with E-state index in [1.165, 1.54) is 0 Å². The van der Waals surface area contributed by atoms with Crippen molar-refractivity contribution in [3.8, 4) is 0 Å². The van der Waals surface area contributed by atoms with E-state index in [1.54, 1.807) is 0 Å². The van der Waals surface area contributed by atoms with Crippen LogP contribution in [0.4, 0.5) is 4.39 Å². The smallest absolute Gasteiger partial charge is 0.113 e. The van der Waals surface area contributed by atoms with Crippen LogP contribution >= 0.6 is 0 Å². The molecule has 1 saturated heterocycles. The zero-order chi connectivity index (χ0) is 28.4. The second-order valence-corrected chi connectivity index (χ2v) is 8.63. The van der Waals surface area contributed by atoms with E-state index in [2.05, 4.69) is 5.32 Å². The zero-order valence-electron chi connectivity index (χ0n) is 24.3. The molecule has 240 valence electrons. The Hall–Kier alpha value is -0.550. The first kappa shape index (κ1) is 37.5. The van der Waals surface area contributed by atoms with Crippen molar-refractivity contribution < 1.29 is 56.5 Å². The number of halogens is 1. The Bertz CT molecular complexity index is 480. The fourth-order valence-corrected chi connectivity index (χ4v) is 3.37. The van der Waals surface area contributed by atoms with E-state index in [0.29, 0.717) is 138 Å². The lowest BCUT2D eigenvalue weighted by atomic mass is 10.1. The Morgan fingerprint density at radius 1 is 0.375 bits per heavy atom. The maximum absolute atomic E-state index is 11.8. The number of piperidine rings is 1. The highest BCUT2D eigenvalue weighted by Gasteiger charge is 2.12. The summed E-state index contributed by atoms with van der Waals surface area (Å²) in [6.07, 6.45) is 2.53. The summed E-state index contributed by atoms with van der Waals surface area (Å²) >= 11 is 0. The van der Waals surface area contributed by atoms with Gasteiger partial charge in [0.15, 0.2) is 0 Å². The van der Waals surface area contributed by atoms with Gasteiger partial charge in [-0.15, -0.1) is 0 Å². The van der Waals surface area contributed by atoms with Crippen LogP contribution in [-0.2, 0) is 52.1 Å². The van der Waals surface area contributed by atoms with E-state index in [-0.39, 0.29) is 6.61 Å². The number of hydrogen-bond donors (Lipinski definition) is 1. The molecule has 0 aromatic heterocycles. The zero-order valence-corrected chi connectivity index (χ0v) is 24.3. The summed E-state index contributed by atoms with van der Waals surface area (Å²) in [6, 6.07) is 0. The summed E-state index contributed by atoms with van der Waals surface area (Å²) in [5, 5.41) is 3.32. The number of alkyl halides is 1. The number of ether oxygens (including phenoxy) is 11. The lowest BCUT2D eigenvalue weighted by molar-refractivity contribution is -0.0324. The SMILES string of the molecule is FCCOCCOCCOCCOCCOCCOCCOCCOCCOCCOCCOC1CCNCC1. The number of rotatable bonds is 33. The van der Waals surface area contributed by atoms with Gasteiger partial charge in [-0.3, -0.25) is 0 Å². The fourth-order valence-electron chi connectivity index (χ4n) is 3.37. The molecule has 0 bridgehead atoms. The average Bonchev–Trinajstić information content (AvgIpc) is 2.98. The van der Waals surface area contributed by atoms with E-state index in [4.69, 9.17) is 52.1 Å². The lowest BCUT2D eigenvalue weighted by Crippen LogP contribution is -2.33. The molecule has 0 aromatic carbocycles. The first-order valence-electron chi connectivity index (χ1n) is 14.6. The third-order valence-corrected chi connectivity index (χ3v) is 5.44. The Balaban J connectivity index is 1.60. The van der Waals surface area contributed by atoms with Crippen LogP contribution in [0.1, 0.15) is 12.8 Å². The van der Waals surface area contributed by atoms with Crippen LogP contribution in [0, 0.1) is 0 Å². The molecule has 40 heavy (non-hydrogen) atoms. The molecule has 1 aliphatic rings. The summed E-state index contributed by atoms with van der Waals surface area (Å²) < 4.78 is 71.5. The average molecular weight is 588 g/mol. The normalized spacial score (nSPS) is 14.3. The van der Waals surface area contributed by atoms with Crippen molar-refractivity contribution in [2.75, 3.05) is 159 Å². The number of nitrogens with one attached hydrogen (secondary N) is 1. The molecule has 0 atom stereocenters. The Kier molecular flexibility index (Phi) is 30.9. The van der Waals surface area contributed by atoms with Gasteiger partial charge in [0.2, 0.25) is 0 Å². The van der Waals surface area contributed by atoms with Crippen LogP contribution in [0.15, 0.2) is 0 Å². The Labute approximate surface area is 239 Å². The largest absolute Gasteiger partial charge is 0.377 e. The van der Waals surface area contributed by atoms with Crippen LogP contribution in [0.3, 0.4) is 0 Å². The van der Waals surface area contributed by atoms with Gasteiger partial charge in [0.1, 0.15) is 6.67 Å². The molecule has 0 spiro atoms. The third-order valence-electron chi connectivity index (χ3n) is 5.44. The van der Waals surface area contributed by atoms with E-state index < -0.39 is 6.67 Å². The molecule has 12 nitrogen and oxygen atoms in total. The minimum Gasteiger partial charge on any atom is -0.377 e. The lowest BCUT2D eigenvalue weighted by Gasteiger charge is -2.22. The molecule has 1 heterocycles. The minimum atomic E-state index is -0.472. The van der Waals surface area contributed by atoms with Crippen molar-refractivity contribution in [3.63, 3.8) is 0 Å². The highest BCUT2D eigenvalue weighted by molar-refractivity contribution is 4.67. The molecule has 0 saturated carbocycles. The van der Waals surface area contributed by atoms with E-state index >= 15 is 0 Å². The van der Waals surface area contributed by atoms with Gasteiger partial charge in [0.25, 0.3) is 0 Å². The maximum atomic E-state index is 11.8. The topological polar surface area (TPSA) is 114 Å². The van der Waals surface area contributed by atoms with Gasteiger partial charge in [0.05, 0.1) is 145 Å². The van der Waals surface area contributed by atoms with Gasteiger partial charge in [-0.05, 0) is 25.9 Å². The monoisotopic (exact) mass is 587 g/mol. The second kappa shape index (κ2) is 33.0. The van der Waals surface area contributed by atoms with Crippen molar-refractivity contribution >= 4 is 0 Å². The molecule has 13 heteroatoms. The van der Waals surface area contributed by atoms with Crippen LogP contribution in [0.5, 0.6) is 0 Å². The van der Waals surface area contributed by atoms with Gasteiger partial charge in [0, 0.05) is 0 Å². The molecule has 1 rings (SSSR count). The van der Waals surface area contributed by atoms with Gasteiger partial charge >= 0.3 is 0 Å². The van der Waals surface area contributed by atoms with Crippen molar-refractivity contribution in [2.45, 2.75) is 18.9 Å². The van der Waals surface area contributed by atoms with Gasteiger partial charge in [-0.1, -0.05) is 0 Å². The molecule has 0 aromatic rings. The second-order valence-electron chi connectivity index (χ2n) is 8.63. The Morgan fingerprint density at radius 3 is 0.900 bits per heavy atom. The van der Waals surface area contributed by atoms with E-state index in [0.717, 1.165) is 25.9 Å².